The molecule has 1 saturated heterocycles. The van der Waals surface area contributed by atoms with Gasteiger partial charge < -0.3 is 24.7 Å². The molecule has 0 aromatic heterocycles. The molecule has 0 bridgehead atoms. The second-order valence-electron chi connectivity index (χ2n) is 6.73. The van der Waals surface area contributed by atoms with E-state index in [2.05, 4.69) is 6.58 Å². The van der Waals surface area contributed by atoms with Gasteiger partial charge in [0.2, 0.25) is 0 Å². The zero-order chi connectivity index (χ0) is 18.7. The van der Waals surface area contributed by atoms with E-state index < -0.39 is 12.2 Å². The number of nitrogens with zero attached hydrogens (tertiary/aromatic N) is 2. The molecule has 2 rings (SSSR count). The van der Waals surface area contributed by atoms with Crippen LogP contribution in [0.3, 0.4) is 0 Å². The van der Waals surface area contributed by atoms with Crippen molar-refractivity contribution in [2.45, 2.75) is 33.3 Å². The minimum Gasteiger partial charge on any atom is -0.512 e. The number of carbonyl (C=O) groups excluding carboxylic acids is 2. The van der Waals surface area contributed by atoms with Gasteiger partial charge >= 0.3 is 6.09 Å². The number of ether oxygens (including phenoxy) is 1. The van der Waals surface area contributed by atoms with Gasteiger partial charge in [-0.25, -0.2) is 4.79 Å². The number of aliphatic hydroxyl groups is 2. The highest BCUT2D eigenvalue weighted by molar-refractivity contribution is 5.95. The largest absolute Gasteiger partial charge is 0.512 e. The molecule has 0 aromatic rings. The van der Waals surface area contributed by atoms with Crippen LogP contribution in [0.25, 0.3) is 0 Å². The van der Waals surface area contributed by atoms with Gasteiger partial charge in [0.05, 0.1) is 17.6 Å². The molecule has 138 valence electrons. The van der Waals surface area contributed by atoms with Crippen molar-refractivity contribution in [2.75, 3.05) is 26.2 Å². The Morgan fingerprint density at radius 3 is 2.32 bits per heavy atom. The smallest absolute Gasteiger partial charge is 0.414 e. The van der Waals surface area contributed by atoms with Gasteiger partial charge in [-0.3, -0.25) is 4.79 Å². The summed E-state index contributed by atoms with van der Waals surface area (Å²) in [5.74, 6) is 0.258. The number of piperazine rings is 1. The van der Waals surface area contributed by atoms with Crippen molar-refractivity contribution in [1.29, 1.82) is 0 Å². The summed E-state index contributed by atoms with van der Waals surface area (Å²) in [5.41, 5.74) is 0.969. The van der Waals surface area contributed by atoms with Crippen LogP contribution in [0, 0.1) is 5.92 Å². The van der Waals surface area contributed by atoms with Crippen molar-refractivity contribution in [3.05, 3.63) is 35.3 Å². The van der Waals surface area contributed by atoms with Gasteiger partial charge in [-0.2, -0.15) is 0 Å². The SMILES string of the molecule is C=C(C)OC(=O)N1CCN(C(=O)C2=CC(C(C)C)=C(O)CC2O)CC1. The van der Waals surface area contributed by atoms with E-state index >= 15 is 0 Å². The van der Waals surface area contributed by atoms with Crippen LogP contribution in [0.5, 0.6) is 0 Å². The fourth-order valence-electron chi connectivity index (χ4n) is 2.95. The van der Waals surface area contributed by atoms with Crippen LogP contribution in [0.15, 0.2) is 35.3 Å². The quantitative estimate of drug-likeness (QED) is 0.760. The Hall–Kier alpha value is -2.28. The first-order valence-electron chi connectivity index (χ1n) is 8.44. The highest BCUT2D eigenvalue weighted by atomic mass is 16.6. The topological polar surface area (TPSA) is 90.3 Å². The third kappa shape index (κ3) is 4.42. The predicted molar refractivity (Wildman–Crippen MR) is 92.6 cm³/mol. The van der Waals surface area contributed by atoms with Gasteiger partial charge in [0, 0.05) is 38.2 Å². The molecule has 0 aromatic carbocycles. The van der Waals surface area contributed by atoms with E-state index in [0.29, 0.717) is 43.1 Å². The zero-order valence-electron chi connectivity index (χ0n) is 15.0. The molecule has 25 heavy (non-hydrogen) atoms. The predicted octanol–water partition coefficient (Wildman–Crippen LogP) is 1.96. The first-order chi connectivity index (χ1) is 11.7. The number of rotatable bonds is 3. The molecule has 1 atom stereocenters. The lowest BCUT2D eigenvalue weighted by Gasteiger charge is -2.35. The summed E-state index contributed by atoms with van der Waals surface area (Å²) in [4.78, 5) is 27.7. The van der Waals surface area contributed by atoms with Gasteiger partial charge in [0.15, 0.2) is 0 Å². The van der Waals surface area contributed by atoms with Crippen molar-refractivity contribution in [3.8, 4) is 0 Å². The molecule has 2 aliphatic rings. The molecule has 2 N–H and O–H groups in total. The number of aliphatic hydroxyl groups excluding tert-OH is 2. The van der Waals surface area contributed by atoms with Gasteiger partial charge in [-0.1, -0.05) is 20.4 Å². The minimum absolute atomic E-state index is 0.0516. The third-order valence-electron chi connectivity index (χ3n) is 4.35. The Balaban J connectivity index is 2.04. The lowest BCUT2D eigenvalue weighted by atomic mass is 9.88. The minimum atomic E-state index is -1.01. The number of carbonyl (C=O) groups is 2. The maximum absolute atomic E-state index is 12.7. The van der Waals surface area contributed by atoms with Crippen LogP contribution in [-0.2, 0) is 9.53 Å². The highest BCUT2D eigenvalue weighted by Crippen LogP contribution is 2.29. The van der Waals surface area contributed by atoms with Crippen molar-refractivity contribution in [2.24, 2.45) is 5.92 Å². The van der Waals surface area contributed by atoms with E-state index in [9.17, 15) is 19.8 Å². The number of allylic oxidation sites excluding steroid dienone is 3. The number of hydrogen-bond donors (Lipinski definition) is 2. The van der Waals surface area contributed by atoms with Gasteiger partial charge in [0.1, 0.15) is 0 Å². The van der Waals surface area contributed by atoms with Crippen LogP contribution in [0.1, 0.15) is 27.2 Å². The fraction of sp³-hybridized carbons (Fsp3) is 0.556. The molecule has 7 nitrogen and oxygen atoms in total. The monoisotopic (exact) mass is 350 g/mol. The molecule has 0 saturated carbocycles. The molecule has 1 aliphatic heterocycles. The van der Waals surface area contributed by atoms with Crippen LogP contribution >= 0.6 is 0 Å². The van der Waals surface area contributed by atoms with E-state index in [0.717, 1.165) is 0 Å². The normalized spacial score (nSPS) is 21.3. The van der Waals surface area contributed by atoms with Crippen LogP contribution in [0.2, 0.25) is 0 Å². The van der Waals surface area contributed by atoms with Gasteiger partial charge in [-0.15, -0.1) is 0 Å². The zero-order valence-corrected chi connectivity index (χ0v) is 15.0. The van der Waals surface area contributed by atoms with E-state index in [1.54, 1.807) is 17.9 Å². The highest BCUT2D eigenvalue weighted by Gasteiger charge is 2.32. The standard InChI is InChI=1S/C18H26N2O5/c1-11(2)13-9-14(16(22)10-15(13)21)17(23)19-5-7-20(8-6-19)18(24)25-12(3)4/h9,11,16,21-22H,3,5-8,10H2,1-2,4H3. The second-order valence-corrected chi connectivity index (χ2v) is 6.73. The number of hydrogen-bond acceptors (Lipinski definition) is 5. The Kier molecular flexibility index (Phi) is 5.89. The summed E-state index contributed by atoms with van der Waals surface area (Å²) in [6.45, 7) is 10.4. The fourth-order valence-corrected chi connectivity index (χ4v) is 2.95. The Bertz CT molecular complexity index is 627. The summed E-state index contributed by atoms with van der Waals surface area (Å²) in [6.07, 6.45) is 0.168. The molecular weight excluding hydrogens is 324 g/mol. The maximum Gasteiger partial charge on any atom is 0.414 e. The first kappa shape index (κ1) is 19.1. The summed E-state index contributed by atoms with van der Waals surface area (Å²) < 4.78 is 4.97. The van der Waals surface area contributed by atoms with Crippen molar-refractivity contribution in [3.63, 3.8) is 0 Å². The van der Waals surface area contributed by atoms with Crippen LogP contribution < -0.4 is 0 Å². The van der Waals surface area contributed by atoms with E-state index in [1.807, 2.05) is 13.8 Å². The van der Waals surface area contributed by atoms with E-state index in [1.165, 1.54) is 4.90 Å². The second kappa shape index (κ2) is 7.74. The Morgan fingerprint density at radius 1 is 1.24 bits per heavy atom. The van der Waals surface area contributed by atoms with E-state index in [-0.39, 0.29) is 24.0 Å². The molecule has 7 heteroatoms. The summed E-state index contributed by atoms with van der Waals surface area (Å²) in [5, 5.41) is 20.1. The van der Waals surface area contributed by atoms with Gasteiger partial charge in [-0.05, 0) is 24.5 Å². The average Bonchev–Trinajstić information content (AvgIpc) is 2.53. The first-order valence-corrected chi connectivity index (χ1v) is 8.44. The molecule has 1 aliphatic carbocycles. The molecule has 0 spiro atoms. The van der Waals surface area contributed by atoms with Crippen molar-refractivity contribution >= 4 is 12.0 Å². The molecule has 0 radical (unpaired) electrons. The van der Waals surface area contributed by atoms with E-state index in [4.69, 9.17) is 4.74 Å². The maximum atomic E-state index is 12.7. The molecule has 1 heterocycles. The summed E-state index contributed by atoms with van der Waals surface area (Å²) in [6, 6.07) is 0. The van der Waals surface area contributed by atoms with Crippen molar-refractivity contribution < 1.29 is 24.5 Å². The molecule has 2 amide bonds. The Morgan fingerprint density at radius 2 is 1.80 bits per heavy atom. The molecule has 1 fully saturated rings. The van der Waals surface area contributed by atoms with Crippen LogP contribution in [-0.4, -0.2) is 64.3 Å². The van der Waals surface area contributed by atoms with Gasteiger partial charge in [0.25, 0.3) is 5.91 Å². The lowest BCUT2D eigenvalue weighted by Crippen LogP contribution is -2.51. The van der Waals surface area contributed by atoms with Crippen LogP contribution in [0.4, 0.5) is 4.79 Å². The average molecular weight is 350 g/mol. The molecule has 1 unspecified atom stereocenters. The summed E-state index contributed by atoms with van der Waals surface area (Å²) >= 11 is 0. The lowest BCUT2D eigenvalue weighted by molar-refractivity contribution is -0.129. The Labute approximate surface area is 147 Å². The third-order valence-corrected chi connectivity index (χ3v) is 4.35. The summed E-state index contributed by atoms with van der Waals surface area (Å²) in [7, 11) is 0. The number of amides is 2. The molecular formula is C18H26N2O5. The van der Waals surface area contributed by atoms with Crippen molar-refractivity contribution in [1.82, 2.24) is 9.80 Å².